The zero-order valence-corrected chi connectivity index (χ0v) is 17.6. The maximum absolute atomic E-state index is 12.2. The van der Waals surface area contributed by atoms with Crippen LogP contribution in [0.25, 0.3) is 0 Å². The van der Waals surface area contributed by atoms with E-state index in [2.05, 4.69) is 16.0 Å². The number of ether oxygens (including phenoxy) is 1. The summed E-state index contributed by atoms with van der Waals surface area (Å²) < 4.78 is 5.76. The second-order valence-corrected chi connectivity index (χ2v) is 7.03. The van der Waals surface area contributed by atoms with Crippen LogP contribution in [0.4, 0.5) is 11.4 Å². The normalized spacial score (nSPS) is 10.2. The van der Waals surface area contributed by atoms with Gasteiger partial charge in [0.25, 0.3) is 5.91 Å². The molecule has 0 heterocycles. The van der Waals surface area contributed by atoms with Gasteiger partial charge in [0.2, 0.25) is 5.91 Å². The minimum atomic E-state index is -0.174. The largest absolute Gasteiger partial charge is 0.489 e. The van der Waals surface area contributed by atoms with Gasteiger partial charge in [0, 0.05) is 23.5 Å². The maximum Gasteiger partial charge on any atom is 0.251 e. The first-order valence-electron chi connectivity index (χ1n) is 10.3. The van der Waals surface area contributed by atoms with Gasteiger partial charge in [-0.25, -0.2) is 0 Å². The highest BCUT2D eigenvalue weighted by atomic mass is 16.5. The van der Waals surface area contributed by atoms with E-state index in [0.29, 0.717) is 24.4 Å². The van der Waals surface area contributed by atoms with E-state index in [0.717, 1.165) is 23.4 Å². The summed E-state index contributed by atoms with van der Waals surface area (Å²) in [5, 5.41) is 8.72. The van der Waals surface area contributed by atoms with Gasteiger partial charge < -0.3 is 20.7 Å². The van der Waals surface area contributed by atoms with Crippen LogP contribution in [0.2, 0.25) is 0 Å². The summed E-state index contributed by atoms with van der Waals surface area (Å²) in [6.45, 7) is 3.28. The molecule has 0 radical (unpaired) electrons. The minimum absolute atomic E-state index is 0.113. The molecule has 0 saturated carbocycles. The van der Waals surface area contributed by atoms with Gasteiger partial charge in [-0.2, -0.15) is 0 Å². The molecule has 0 spiro atoms. The van der Waals surface area contributed by atoms with Crippen LogP contribution in [0.5, 0.6) is 5.75 Å². The van der Waals surface area contributed by atoms with Crippen molar-refractivity contribution in [2.45, 2.75) is 20.0 Å². The number of hydrogen-bond donors (Lipinski definition) is 3. The Morgan fingerprint density at radius 1 is 0.839 bits per heavy atom. The summed E-state index contributed by atoms with van der Waals surface area (Å²) in [7, 11) is 0. The maximum atomic E-state index is 12.2. The molecule has 0 aliphatic rings. The van der Waals surface area contributed by atoms with Gasteiger partial charge in [-0.1, -0.05) is 37.3 Å². The third kappa shape index (κ3) is 7.19. The number of carbonyl (C=O) groups excluding carboxylic acids is 2. The molecular formula is C25H27N3O3. The monoisotopic (exact) mass is 417 g/mol. The molecule has 3 aromatic carbocycles. The highest BCUT2D eigenvalue weighted by Gasteiger charge is 2.06. The zero-order chi connectivity index (χ0) is 21.9. The van der Waals surface area contributed by atoms with Gasteiger partial charge in [-0.05, 0) is 60.5 Å². The van der Waals surface area contributed by atoms with E-state index in [-0.39, 0.29) is 18.4 Å². The fourth-order valence-electron chi connectivity index (χ4n) is 2.84. The smallest absolute Gasteiger partial charge is 0.251 e. The van der Waals surface area contributed by atoms with Gasteiger partial charge >= 0.3 is 0 Å². The van der Waals surface area contributed by atoms with Crippen molar-refractivity contribution in [3.05, 3.63) is 90.0 Å². The van der Waals surface area contributed by atoms with E-state index in [1.165, 1.54) is 0 Å². The van der Waals surface area contributed by atoms with Crippen LogP contribution in [0.15, 0.2) is 78.9 Å². The molecule has 0 saturated heterocycles. The molecule has 0 aliphatic heterocycles. The zero-order valence-electron chi connectivity index (χ0n) is 17.6. The lowest BCUT2D eigenvalue weighted by Crippen LogP contribution is -2.24. The molecule has 0 atom stereocenters. The number of rotatable bonds is 10. The molecule has 2 amide bonds. The van der Waals surface area contributed by atoms with E-state index >= 15 is 0 Å². The Balaban J connectivity index is 1.42. The molecule has 0 fully saturated rings. The van der Waals surface area contributed by atoms with Crippen molar-refractivity contribution in [1.82, 2.24) is 5.32 Å². The average molecular weight is 418 g/mol. The van der Waals surface area contributed by atoms with E-state index in [1.54, 1.807) is 24.3 Å². The number of anilines is 2. The molecular weight excluding hydrogens is 390 g/mol. The molecule has 3 N–H and O–H groups in total. The topological polar surface area (TPSA) is 79.5 Å². The lowest BCUT2D eigenvalue weighted by atomic mass is 10.2. The molecule has 6 nitrogen and oxygen atoms in total. The Morgan fingerprint density at radius 2 is 1.52 bits per heavy atom. The summed E-state index contributed by atoms with van der Waals surface area (Å²) in [6, 6.07) is 24.3. The second-order valence-electron chi connectivity index (χ2n) is 7.03. The van der Waals surface area contributed by atoms with Crippen molar-refractivity contribution in [2.75, 3.05) is 23.7 Å². The Kier molecular flexibility index (Phi) is 8.05. The van der Waals surface area contributed by atoms with Crippen molar-refractivity contribution in [1.29, 1.82) is 0 Å². The highest BCUT2D eigenvalue weighted by Crippen LogP contribution is 2.17. The summed E-state index contributed by atoms with van der Waals surface area (Å²) in [5.74, 6) is 0.479. The Bertz CT molecular complexity index is 971. The fourth-order valence-corrected chi connectivity index (χ4v) is 2.84. The van der Waals surface area contributed by atoms with Gasteiger partial charge in [-0.3, -0.25) is 9.59 Å². The van der Waals surface area contributed by atoms with Crippen molar-refractivity contribution in [3.8, 4) is 5.75 Å². The molecule has 0 aromatic heterocycles. The summed E-state index contributed by atoms with van der Waals surface area (Å²) in [4.78, 5) is 24.1. The van der Waals surface area contributed by atoms with Crippen LogP contribution < -0.4 is 20.7 Å². The minimum Gasteiger partial charge on any atom is -0.489 e. The standard InChI is InChI=1S/C25H27N3O3/c1-2-16-26-25(30)20-8-10-22(11-9-20)28-24(29)17-27-21-12-14-23(15-13-21)31-18-19-6-4-3-5-7-19/h3-15,27H,2,16-18H2,1H3,(H,26,30)(H,28,29). The van der Waals surface area contributed by atoms with Gasteiger partial charge in [-0.15, -0.1) is 0 Å². The number of nitrogens with one attached hydrogen (secondary N) is 3. The van der Waals surface area contributed by atoms with Crippen LogP contribution in [0, 0.1) is 0 Å². The number of carbonyl (C=O) groups is 2. The molecule has 6 heteroatoms. The number of amides is 2. The summed E-state index contributed by atoms with van der Waals surface area (Å²) in [6.07, 6.45) is 0.885. The lowest BCUT2D eigenvalue weighted by Gasteiger charge is -2.10. The Morgan fingerprint density at radius 3 is 2.19 bits per heavy atom. The van der Waals surface area contributed by atoms with E-state index < -0.39 is 0 Å². The van der Waals surface area contributed by atoms with E-state index in [1.807, 2.05) is 61.5 Å². The van der Waals surface area contributed by atoms with Crippen molar-refractivity contribution < 1.29 is 14.3 Å². The third-order valence-corrected chi connectivity index (χ3v) is 4.52. The van der Waals surface area contributed by atoms with Crippen LogP contribution in [0.3, 0.4) is 0 Å². The highest BCUT2D eigenvalue weighted by molar-refractivity contribution is 5.96. The fraction of sp³-hybridized carbons (Fsp3) is 0.200. The molecule has 3 aromatic rings. The van der Waals surface area contributed by atoms with Crippen molar-refractivity contribution in [3.63, 3.8) is 0 Å². The predicted octanol–water partition coefficient (Wildman–Crippen LogP) is 4.46. The Labute approximate surface area is 182 Å². The first-order chi connectivity index (χ1) is 15.1. The first-order valence-corrected chi connectivity index (χ1v) is 10.3. The van der Waals surface area contributed by atoms with Crippen molar-refractivity contribution >= 4 is 23.2 Å². The van der Waals surface area contributed by atoms with Crippen LogP contribution >= 0.6 is 0 Å². The number of benzene rings is 3. The quantitative estimate of drug-likeness (QED) is 0.455. The van der Waals surface area contributed by atoms with Crippen LogP contribution in [-0.2, 0) is 11.4 Å². The molecule has 0 aliphatic carbocycles. The molecule has 160 valence electrons. The van der Waals surface area contributed by atoms with Gasteiger partial charge in [0.1, 0.15) is 12.4 Å². The first kappa shape index (κ1) is 21.9. The van der Waals surface area contributed by atoms with Gasteiger partial charge in [0.05, 0.1) is 6.54 Å². The van der Waals surface area contributed by atoms with Crippen molar-refractivity contribution in [2.24, 2.45) is 0 Å². The number of hydrogen-bond acceptors (Lipinski definition) is 4. The second kappa shape index (κ2) is 11.4. The predicted molar refractivity (Wildman–Crippen MR) is 123 cm³/mol. The molecule has 0 unspecified atom stereocenters. The molecule has 3 rings (SSSR count). The Hall–Kier alpha value is -3.80. The van der Waals surface area contributed by atoms with E-state index in [4.69, 9.17) is 4.74 Å². The SMILES string of the molecule is CCCNC(=O)c1ccc(NC(=O)CNc2ccc(OCc3ccccc3)cc2)cc1. The molecule has 0 bridgehead atoms. The summed E-state index contributed by atoms with van der Waals surface area (Å²) >= 11 is 0. The van der Waals surface area contributed by atoms with Crippen LogP contribution in [0.1, 0.15) is 29.3 Å². The molecule has 31 heavy (non-hydrogen) atoms. The van der Waals surface area contributed by atoms with E-state index in [9.17, 15) is 9.59 Å². The summed E-state index contributed by atoms with van der Waals surface area (Å²) in [5.41, 5.74) is 3.14. The third-order valence-electron chi connectivity index (χ3n) is 4.52. The van der Waals surface area contributed by atoms with Gasteiger partial charge in [0.15, 0.2) is 0 Å². The average Bonchev–Trinajstić information content (AvgIpc) is 2.81. The lowest BCUT2D eigenvalue weighted by molar-refractivity contribution is -0.114. The van der Waals surface area contributed by atoms with Crippen LogP contribution in [-0.4, -0.2) is 24.9 Å².